The van der Waals surface area contributed by atoms with Gasteiger partial charge in [-0.2, -0.15) is 18.2 Å². The first-order valence-electron chi connectivity index (χ1n) is 10.7. The molecule has 2 aromatic carbocycles. The second-order valence-electron chi connectivity index (χ2n) is 8.26. The Bertz CT molecular complexity index is 1230. The monoisotopic (exact) mass is 456 g/mol. The molecule has 2 heterocycles. The predicted octanol–water partition coefficient (Wildman–Crippen LogP) is 5.28. The summed E-state index contributed by atoms with van der Waals surface area (Å²) in [7, 11) is 0. The van der Waals surface area contributed by atoms with Crippen LogP contribution in [0.5, 0.6) is 5.88 Å². The Morgan fingerprint density at radius 3 is 2.30 bits per heavy atom. The third kappa shape index (κ3) is 4.69. The normalized spacial score (nSPS) is 15.7. The van der Waals surface area contributed by atoms with Gasteiger partial charge in [0.05, 0.1) is 11.1 Å². The SMILES string of the molecule is Cc1c(OCc2ccc(C(=O)c3ccc(C(F)(F)F)cc3)cc2)nc2n(c1=O)C(C)CCC2. The number of rotatable bonds is 5. The smallest absolute Gasteiger partial charge is 0.416 e. The second-order valence-corrected chi connectivity index (χ2v) is 8.26. The van der Waals surface area contributed by atoms with Crippen LogP contribution in [0.2, 0.25) is 0 Å². The minimum Gasteiger partial charge on any atom is -0.472 e. The zero-order valence-electron chi connectivity index (χ0n) is 18.3. The fourth-order valence-electron chi connectivity index (χ4n) is 3.98. The largest absolute Gasteiger partial charge is 0.472 e. The fraction of sp³-hybridized carbons (Fsp3) is 0.320. The van der Waals surface area contributed by atoms with Crippen molar-refractivity contribution in [3.05, 3.63) is 92.5 Å². The van der Waals surface area contributed by atoms with E-state index in [0.717, 1.165) is 42.8 Å². The van der Waals surface area contributed by atoms with E-state index in [-0.39, 0.29) is 29.6 Å². The summed E-state index contributed by atoms with van der Waals surface area (Å²) in [5.41, 5.74) is 0.879. The molecule has 0 spiro atoms. The molecule has 0 saturated heterocycles. The lowest BCUT2D eigenvalue weighted by atomic mass is 10.0. The number of fused-ring (bicyclic) bond motifs is 1. The van der Waals surface area contributed by atoms with Crippen molar-refractivity contribution in [2.75, 3.05) is 0 Å². The van der Waals surface area contributed by atoms with Crippen molar-refractivity contribution in [3.63, 3.8) is 0 Å². The maximum Gasteiger partial charge on any atom is 0.416 e. The first-order valence-corrected chi connectivity index (χ1v) is 10.7. The molecule has 1 aliphatic heterocycles. The molecule has 0 amide bonds. The highest BCUT2D eigenvalue weighted by Gasteiger charge is 2.30. The van der Waals surface area contributed by atoms with Gasteiger partial charge in [0.15, 0.2) is 5.78 Å². The molecule has 5 nitrogen and oxygen atoms in total. The average Bonchev–Trinajstić information content (AvgIpc) is 2.80. The zero-order chi connectivity index (χ0) is 23.8. The highest BCUT2D eigenvalue weighted by Crippen LogP contribution is 2.29. The quantitative estimate of drug-likeness (QED) is 0.491. The van der Waals surface area contributed by atoms with Gasteiger partial charge >= 0.3 is 6.18 Å². The van der Waals surface area contributed by atoms with Gasteiger partial charge in [0, 0.05) is 23.6 Å². The Morgan fingerprint density at radius 1 is 1.09 bits per heavy atom. The number of nitrogens with zero attached hydrogens (tertiary/aromatic N) is 2. The van der Waals surface area contributed by atoms with Gasteiger partial charge in [-0.1, -0.05) is 36.4 Å². The Morgan fingerprint density at radius 2 is 1.70 bits per heavy atom. The van der Waals surface area contributed by atoms with Crippen LogP contribution in [-0.2, 0) is 19.2 Å². The number of aromatic nitrogens is 2. The third-order valence-corrected chi connectivity index (χ3v) is 5.90. The molecule has 172 valence electrons. The lowest BCUT2D eigenvalue weighted by molar-refractivity contribution is -0.137. The van der Waals surface area contributed by atoms with E-state index in [4.69, 9.17) is 4.74 Å². The summed E-state index contributed by atoms with van der Waals surface area (Å²) in [6.07, 6.45) is -1.79. The maximum absolute atomic E-state index is 12.7. The summed E-state index contributed by atoms with van der Waals surface area (Å²) in [6, 6.07) is 10.9. The highest BCUT2D eigenvalue weighted by molar-refractivity contribution is 6.09. The minimum absolute atomic E-state index is 0.0836. The first kappa shape index (κ1) is 22.8. The third-order valence-electron chi connectivity index (χ3n) is 5.90. The van der Waals surface area contributed by atoms with Crippen molar-refractivity contribution in [1.29, 1.82) is 0 Å². The van der Waals surface area contributed by atoms with Gasteiger partial charge in [0.2, 0.25) is 5.88 Å². The number of hydrogen-bond donors (Lipinski definition) is 0. The molecule has 0 fully saturated rings. The Labute approximate surface area is 188 Å². The van der Waals surface area contributed by atoms with Crippen molar-refractivity contribution in [3.8, 4) is 5.88 Å². The number of alkyl halides is 3. The number of halogens is 3. The van der Waals surface area contributed by atoms with Crippen LogP contribution in [0.4, 0.5) is 13.2 Å². The molecule has 1 aromatic heterocycles. The zero-order valence-corrected chi connectivity index (χ0v) is 18.3. The molecule has 4 rings (SSSR count). The molecule has 33 heavy (non-hydrogen) atoms. The van der Waals surface area contributed by atoms with Gasteiger partial charge in [-0.3, -0.25) is 14.2 Å². The van der Waals surface area contributed by atoms with E-state index in [1.54, 1.807) is 35.8 Å². The number of carbonyl (C=O) groups is 1. The van der Waals surface area contributed by atoms with E-state index >= 15 is 0 Å². The van der Waals surface area contributed by atoms with Crippen LogP contribution in [0.15, 0.2) is 53.3 Å². The molecule has 8 heteroatoms. The summed E-state index contributed by atoms with van der Waals surface area (Å²) in [5, 5.41) is 0. The number of ether oxygens (including phenoxy) is 1. The molecule has 0 N–H and O–H groups in total. The fourth-order valence-corrected chi connectivity index (χ4v) is 3.98. The molecule has 0 bridgehead atoms. The molecular formula is C25H23F3N2O3. The average molecular weight is 456 g/mol. The van der Waals surface area contributed by atoms with Crippen LogP contribution in [-0.4, -0.2) is 15.3 Å². The highest BCUT2D eigenvalue weighted by atomic mass is 19.4. The van der Waals surface area contributed by atoms with Gasteiger partial charge in [-0.15, -0.1) is 0 Å². The Balaban J connectivity index is 1.46. The van der Waals surface area contributed by atoms with Gasteiger partial charge < -0.3 is 4.74 Å². The lowest BCUT2D eigenvalue weighted by Crippen LogP contribution is -2.32. The van der Waals surface area contributed by atoms with E-state index in [1.165, 1.54) is 12.1 Å². The Kier molecular flexibility index (Phi) is 6.10. The van der Waals surface area contributed by atoms with Crippen molar-refractivity contribution in [2.24, 2.45) is 0 Å². The lowest BCUT2D eigenvalue weighted by Gasteiger charge is -2.25. The van der Waals surface area contributed by atoms with Crippen molar-refractivity contribution >= 4 is 5.78 Å². The number of aryl methyl sites for hydroxylation is 1. The molecule has 0 radical (unpaired) electrons. The van der Waals surface area contributed by atoms with Crippen LogP contribution in [0.1, 0.15) is 64.2 Å². The van der Waals surface area contributed by atoms with E-state index < -0.39 is 11.7 Å². The van der Waals surface area contributed by atoms with E-state index in [0.29, 0.717) is 17.0 Å². The number of ketones is 1. The number of benzene rings is 2. The van der Waals surface area contributed by atoms with Crippen LogP contribution in [0.3, 0.4) is 0 Å². The summed E-state index contributed by atoms with van der Waals surface area (Å²) in [4.78, 5) is 29.9. The molecule has 0 saturated carbocycles. The van der Waals surface area contributed by atoms with Gasteiger partial charge in [-0.05, 0) is 44.4 Å². The molecule has 0 aliphatic carbocycles. The number of hydrogen-bond acceptors (Lipinski definition) is 4. The van der Waals surface area contributed by atoms with E-state index in [9.17, 15) is 22.8 Å². The van der Waals surface area contributed by atoms with Crippen LogP contribution < -0.4 is 10.3 Å². The van der Waals surface area contributed by atoms with Crippen molar-refractivity contribution in [2.45, 2.75) is 51.9 Å². The molecular weight excluding hydrogens is 433 g/mol. The van der Waals surface area contributed by atoms with Crippen LogP contribution >= 0.6 is 0 Å². The van der Waals surface area contributed by atoms with Gasteiger partial charge in [-0.25, -0.2) is 0 Å². The minimum atomic E-state index is -4.45. The maximum atomic E-state index is 12.7. The summed E-state index contributed by atoms with van der Waals surface area (Å²) in [5.74, 6) is 0.674. The van der Waals surface area contributed by atoms with E-state index in [1.807, 2.05) is 6.92 Å². The molecule has 3 aromatic rings. The molecule has 1 unspecified atom stereocenters. The predicted molar refractivity (Wildman–Crippen MR) is 117 cm³/mol. The van der Waals surface area contributed by atoms with Crippen LogP contribution in [0.25, 0.3) is 0 Å². The van der Waals surface area contributed by atoms with Gasteiger partial charge in [0.25, 0.3) is 5.56 Å². The molecule has 1 atom stereocenters. The van der Waals surface area contributed by atoms with Crippen molar-refractivity contribution < 1.29 is 22.7 Å². The Hall–Kier alpha value is -3.42. The first-order chi connectivity index (χ1) is 15.6. The summed E-state index contributed by atoms with van der Waals surface area (Å²) >= 11 is 0. The second kappa shape index (κ2) is 8.84. The van der Waals surface area contributed by atoms with Crippen molar-refractivity contribution in [1.82, 2.24) is 9.55 Å². The number of carbonyl (C=O) groups excluding carboxylic acids is 1. The van der Waals surface area contributed by atoms with Crippen LogP contribution in [0, 0.1) is 6.92 Å². The van der Waals surface area contributed by atoms with E-state index in [2.05, 4.69) is 4.98 Å². The topological polar surface area (TPSA) is 61.2 Å². The van der Waals surface area contributed by atoms with Gasteiger partial charge in [0.1, 0.15) is 12.4 Å². The standard InChI is InChI=1S/C25H23F3N2O3/c1-15-4-3-5-21-29-23(16(2)24(32)30(15)21)33-14-17-6-8-18(9-7-17)22(31)19-10-12-20(13-11-19)25(26,27)28/h6-13,15H,3-5,14H2,1-2H3. The summed E-state index contributed by atoms with van der Waals surface area (Å²) in [6.45, 7) is 3.88. The summed E-state index contributed by atoms with van der Waals surface area (Å²) < 4.78 is 45.7. The molecule has 1 aliphatic rings.